The third-order valence-electron chi connectivity index (χ3n) is 3.41. The van der Waals surface area contributed by atoms with Gasteiger partial charge < -0.3 is 5.32 Å². The molecular weight excluding hydrogens is 312 g/mol. The van der Waals surface area contributed by atoms with Crippen molar-refractivity contribution in [3.63, 3.8) is 0 Å². The molecule has 0 aliphatic rings. The van der Waals surface area contributed by atoms with Crippen LogP contribution in [0.2, 0.25) is 0 Å². The lowest BCUT2D eigenvalue weighted by molar-refractivity contribution is -0.119. The summed E-state index contributed by atoms with van der Waals surface area (Å²) in [6, 6.07) is 12.1. The van der Waals surface area contributed by atoms with Crippen LogP contribution in [0.3, 0.4) is 0 Å². The van der Waals surface area contributed by atoms with E-state index in [0.717, 1.165) is 16.7 Å². The lowest BCUT2D eigenvalue weighted by Gasteiger charge is -2.12. The van der Waals surface area contributed by atoms with Gasteiger partial charge >= 0.3 is 0 Å². The Hall–Kier alpha value is -2.34. The number of benzene rings is 2. The minimum absolute atomic E-state index is 0.127. The van der Waals surface area contributed by atoms with E-state index in [-0.39, 0.29) is 10.8 Å². The Bertz CT molecular complexity index is 812. The van der Waals surface area contributed by atoms with Gasteiger partial charge in [0.05, 0.1) is 10.6 Å². The number of sulfonamides is 1. The molecule has 5 nitrogen and oxygen atoms in total. The average Bonchev–Trinajstić information content (AvgIpc) is 2.49. The highest BCUT2D eigenvalue weighted by Gasteiger charge is 2.15. The highest BCUT2D eigenvalue weighted by Crippen LogP contribution is 2.21. The Morgan fingerprint density at radius 2 is 1.70 bits per heavy atom. The summed E-state index contributed by atoms with van der Waals surface area (Å²) >= 11 is 0. The minimum atomic E-state index is -3.64. The van der Waals surface area contributed by atoms with E-state index in [4.69, 9.17) is 0 Å². The summed E-state index contributed by atoms with van der Waals surface area (Å²) in [6.45, 7) is 5.58. The quantitative estimate of drug-likeness (QED) is 0.884. The lowest BCUT2D eigenvalue weighted by atomic mass is 10.1. The van der Waals surface area contributed by atoms with Crippen LogP contribution in [-0.4, -0.2) is 14.3 Å². The minimum Gasteiger partial charge on any atom is -0.352 e. The van der Waals surface area contributed by atoms with Gasteiger partial charge in [0, 0.05) is 13.5 Å². The van der Waals surface area contributed by atoms with Crippen LogP contribution in [0.1, 0.15) is 23.6 Å². The van der Waals surface area contributed by atoms with Crippen LogP contribution in [0, 0.1) is 13.8 Å². The van der Waals surface area contributed by atoms with Gasteiger partial charge in [-0.1, -0.05) is 24.3 Å². The van der Waals surface area contributed by atoms with Crippen molar-refractivity contribution in [1.82, 2.24) is 5.32 Å². The van der Waals surface area contributed by atoms with Crippen LogP contribution in [0.4, 0.5) is 5.69 Å². The molecule has 2 rings (SSSR count). The molecule has 0 saturated carbocycles. The van der Waals surface area contributed by atoms with Gasteiger partial charge in [0.1, 0.15) is 0 Å². The van der Waals surface area contributed by atoms with Gasteiger partial charge in [-0.3, -0.25) is 9.52 Å². The molecule has 0 heterocycles. The van der Waals surface area contributed by atoms with Crippen LogP contribution < -0.4 is 10.0 Å². The zero-order valence-electron chi connectivity index (χ0n) is 13.4. The van der Waals surface area contributed by atoms with Crippen molar-refractivity contribution in [2.45, 2.75) is 32.2 Å². The fourth-order valence-corrected chi connectivity index (χ4v) is 3.18. The molecule has 122 valence electrons. The van der Waals surface area contributed by atoms with Crippen LogP contribution in [-0.2, 0) is 21.4 Å². The first-order valence-corrected chi connectivity index (χ1v) is 8.70. The van der Waals surface area contributed by atoms with Gasteiger partial charge in [0.2, 0.25) is 5.91 Å². The maximum absolute atomic E-state index is 12.5. The summed E-state index contributed by atoms with van der Waals surface area (Å²) in [5.74, 6) is -0.127. The molecule has 0 atom stereocenters. The highest BCUT2D eigenvalue weighted by molar-refractivity contribution is 7.92. The summed E-state index contributed by atoms with van der Waals surface area (Å²) < 4.78 is 27.5. The Morgan fingerprint density at radius 3 is 2.30 bits per heavy atom. The molecule has 0 radical (unpaired) electrons. The SMILES string of the molecule is CC(=O)NCc1ccc(S(=O)(=O)Nc2cc(C)ccc2C)cc1. The molecule has 2 aromatic carbocycles. The number of amides is 1. The van der Waals surface area contributed by atoms with E-state index in [0.29, 0.717) is 12.2 Å². The monoisotopic (exact) mass is 332 g/mol. The van der Waals surface area contributed by atoms with Gasteiger partial charge in [-0.25, -0.2) is 8.42 Å². The molecule has 0 aliphatic heterocycles. The van der Waals surface area contributed by atoms with E-state index in [1.165, 1.54) is 19.1 Å². The summed E-state index contributed by atoms with van der Waals surface area (Å²) in [7, 11) is -3.64. The van der Waals surface area contributed by atoms with Gasteiger partial charge in [-0.15, -0.1) is 0 Å². The second-order valence-corrected chi connectivity index (χ2v) is 7.16. The first-order valence-electron chi connectivity index (χ1n) is 7.21. The highest BCUT2D eigenvalue weighted by atomic mass is 32.2. The molecule has 0 bridgehead atoms. The Balaban J connectivity index is 2.19. The predicted molar refractivity (Wildman–Crippen MR) is 90.7 cm³/mol. The van der Waals surface area contributed by atoms with E-state index < -0.39 is 10.0 Å². The Labute approximate surface area is 136 Å². The number of rotatable bonds is 5. The maximum atomic E-state index is 12.5. The number of carbonyl (C=O) groups is 1. The van der Waals surface area contributed by atoms with Gasteiger partial charge in [-0.05, 0) is 48.7 Å². The molecule has 23 heavy (non-hydrogen) atoms. The smallest absolute Gasteiger partial charge is 0.261 e. The third-order valence-corrected chi connectivity index (χ3v) is 4.79. The number of carbonyl (C=O) groups excluding carboxylic acids is 1. The number of hydrogen-bond donors (Lipinski definition) is 2. The number of aryl methyl sites for hydroxylation is 2. The second-order valence-electron chi connectivity index (χ2n) is 5.48. The molecule has 0 fully saturated rings. The first-order chi connectivity index (χ1) is 10.8. The van der Waals surface area contributed by atoms with E-state index in [1.807, 2.05) is 26.0 Å². The zero-order valence-corrected chi connectivity index (χ0v) is 14.2. The Morgan fingerprint density at radius 1 is 1.04 bits per heavy atom. The standard InChI is InChI=1S/C17H20N2O3S/c1-12-4-5-13(2)17(10-12)19-23(21,22)16-8-6-15(7-9-16)11-18-14(3)20/h4-10,19H,11H2,1-3H3,(H,18,20). The largest absolute Gasteiger partial charge is 0.352 e. The van der Waals surface area contributed by atoms with Gasteiger partial charge in [0.15, 0.2) is 0 Å². The van der Waals surface area contributed by atoms with Crippen molar-refractivity contribution in [3.8, 4) is 0 Å². The van der Waals surface area contributed by atoms with Crippen molar-refractivity contribution in [2.24, 2.45) is 0 Å². The van der Waals surface area contributed by atoms with Crippen molar-refractivity contribution in [3.05, 3.63) is 59.2 Å². The average molecular weight is 332 g/mol. The summed E-state index contributed by atoms with van der Waals surface area (Å²) in [4.78, 5) is 11.1. The molecule has 2 aromatic rings. The van der Waals surface area contributed by atoms with Crippen LogP contribution in [0.25, 0.3) is 0 Å². The predicted octanol–water partition coefficient (Wildman–Crippen LogP) is 2.74. The molecule has 0 aliphatic carbocycles. The van der Waals surface area contributed by atoms with E-state index in [9.17, 15) is 13.2 Å². The van der Waals surface area contributed by atoms with E-state index in [1.54, 1.807) is 18.2 Å². The zero-order chi connectivity index (χ0) is 17.0. The Kier molecular flexibility index (Phi) is 5.05. The molecular formula is C17H20N2O3S. The molecule has 0 aromatic heterocycles. The van der Waals surface area contributed by atoms with Crippen LogP contribution in [0.15, 0.2) is 47.4 Å². The summed E-state index contributed by atoms with van der Waals surface area (Å²) in [6.07, 6.45) is 0. The first kappa shape index (κ1) is 17.0. The molecule has 0 saturated heterocycles. The van der Waals surface area contributed by atoms with Crippen LogP contribution in [0.5, 0.6) is 0 Å². The molecule has 1 amide bonds. The maximum Gasteiger partial charge on any atom is 0.261 e. The number of nitrogens with one attached hydrogen (secondary N) is 2. The van der Waals surface area contributed by atoms with Crippen molar-refractivity contribution in [2.75, 3.05) is 4.72 Å². The number of hydrogen-bond acceptors (Lipinski definition) is 3. The summed E-state index contributed by atoms with van der Waals surface area (Å²) in [5.41, 5.74) is 3.26. The topological polar surface area (TPSA) is 75.3 Å². The van der Waals surface area contributed by atoms with Crippen LogP contribution >= 0.6 is 0 Å². The summed E-state index contributed by atoms with van der Waals surface area (Å²) in [5, 5.41) is 2.67. The third kappa shape index (κ3) is 4.56. The normalized spacial score (nSPS) is 11.1. The van der Waals surface area contributed by atoms with Crippen molar-refractivity contribution in [1.29, 1.82) is 0 Å². The van der Waals surface area contributed by atoms with E-state index >= 15 is 0 Å². The molecule has 6 heteroatoms. The van der Waals surface area contributed by atoms with Crippen molar-refractivity contribution >= 4 is 21.6 Å². The van der Waals surface area contributed by atoms with Gasteiger partial charge in [-0.2, -0.15) is 0 Å². The fourth-order valence-electron chi connectivity index (χ4n) is 2.06. The fraction of sp³-hybridized carbons (Fsp3) is 0.235. The molecule has 2 N–H and O–H groups in total. The number of anilines is 1. The lowest BCUT2D eigenvalue weighted by Crippen LogP contribution is -2.19. The molecule has 0 unspecified atom stereocenters. The van der Waals surface area contributed by atoms with Gasteiger partial charge in [0.25, 0.3) is 10.0 Å². The molecule has 0 spiro atoms. The second kappa shape index (κ2) is 6.83. The van der Waals surface area contributed by atoms with Crippen molar-refractivity contribution < 1.29 is 13.2 Å². The van der Waals surface area contributed by atoms with E-state index in [2.05, 4.69) is 10.0 Å².